The van der Waals surface area contributed by atoms with Crippen molar-refractivity contribution in [3.8, 4) is 11.3 Å². The second-order valence-corrected chi connectivity index (χ2v) is 10.7. The number of benzene rings is 1. The van der Waals surface area contributed by atoms with Crippen LogP contribution in [0.4, 0.5) is 0 Å². The molecule has 204 valence electrons. The monoisotopic (exact) mass is 522 g/mol. The number of ether oxygens (including phenoxy) is 1. The van der Waals surface area contributed by atoms with Crippen LogP contribution in [0.1, 0.15) is 57.9 Å². The molecular weight excluding hydrogens is 484 g/mol. The first kappa shape index (κ1) is 28.8. The van der Waals surface area contributed by atoms with Crippen LogP contribution >= 0.6 is 0 Å². The number of amides is 3. The normalized spacial score (nSPS) is 14.7. The number of carbonyl (C=O) groups excluding carboxylic acids is 4. The van der Waals surface area contributed by atoms with Gasteiger partial charge in [0.25, 0.3) is 5.91 Å². The third kappa shape index (κ3) is 8.13. The largest absolute Gasteiger partial charge is 0.460 e. The van der Waals surface area contributed by atoms with Crippen LogP contribution < -0.4 is 5.32 Å². The van der Waals surface area contributed by atoms with E-state index in [2.05, 4.69) is 10.3 Å². The minimum atomic E-state index is -0.940. The molecule has 1 saturated heterocycles. The van der Waals surface area contributed by atoms with E-state index in [-0.39, 0.29) is 36.3 Å². The maximum absolute atomic E-state index is 13.5. The molecule has 0 aliphatic carbocycles. The molecule has 2 aromatic rings. The number of aromatic nitrogens is 1. The minimum absolute atomic E-state index is 0.0305. The maximum Gasteiger partial charge on any atom is 0.306 e. The predicted molar refractivity (Wildman–Crippen MR) is 144 cm³/mol. The highest BCUT2D eigenvalue weighted by Crippen LogP contribution is 2.17. The van der Waals surface area contributed by atoms with Crippen LogP contribution in [0, 0.1) is 5.92 Å². The SMILES string of the molecule is CC(C)C(=O)N1CCN(C(=O)[C@H](CCC(=O)OC(C)(C)C)NC(=O)c2cccc(-c3ccccc3)n2)CC1. The van der Waals surface area contributed by atoms with E-state index in [1.165, 1.54) is 0 Å². The molecule has 1 aromatic carbocycles. The van der Waals surface area contributed by atoms with Crippen molar-refractivity contribution in [2.24, 2.45) is 5.92 Å². The second kappa shape index (κ2) is 12.7. The van der Waals surface area contributed by atoms with Gasteiger partial charge in [-0.1, -0.05) is 50.2 Å². The Hall–Kier alpha value is -3.75. The number of esters is 1. The highest BCUT2D eigenvalue weighted by Gasteiger charge is 2.31. The lowest BCUT2D eigenvalue weighted by Crippen LogP contribution is -2.56. The standard InChI is InChI=1S/C29H38N4O5/c1-20(2)27(36)32-16-18-33(19-17-32)28(37)24(14-15-25(34)38-29(3,4)5)31-26(35)23-13-9-12-22(30-23)21-10-7-6-8-11-21/h6-13,20,24H,14-19H2,1-5H3,(H,31,35)/t24-/m0/s1. The molecule has 0 bridgehead atoms. The zero-order chi connectivity index (χ0) is 27.9. The molecule has 1 aliphatic rings. The highest BCUT2D eigenvalue weighted by atomic mass is 16.6. The van der Waals surface area contributed by atoms with Crippen LogP contribution in [-0.2, 0) is 19.1 Å². The molecule has 1 atom stereocenters. The molecule has 3 rings (SSSR count). The molecule has 0 spiro atoms. The molecule has 38 heavy (non-hydrogen) atoms. The van der Waals surface area contributed by atoms with Gasteiger partial charge in [0.15, 0.2) is 0 Å². The summed E-state index contributed by atoms with van der Waals surface area (Å²) in [5.41, 5.74) is 1.03. The van der Waals surface area contributed by atoms with Gasteiger partial charge in [-0.3, -0.25) is 19.2 Å². The van der Waals surface area contributed by atoms with Gasteiger partial charge >= 0.3 is 5.97 Å². The molecule has 1 aliphatic heterocycles. The van der Waals surface area contributed by atoms with Crippen LogP contribution in [0.2, 0.25) is 0 Å². The zero-order valence-corrected chi connectivity index (χ0v) is 22.9. The number of nitrogens with zero attached hydrogens (tertiary/aromatic N) is 3. The first-order chi connectivity index (χ1) is 17.9. The van der Waals surface area contributed by atoms with Crippen molar-refractivity contribution in [1.82, 2.24) is 20.1 Å². The quantitative estimate of drug-likeness (QED) is 0.533. The van der Waals surface area contributed by atoms with E-state index in [1.807, 2.05) is 50.2 Å². The highest BCUT2D eigenvalue weighted by molar-refractivity contribution is 5.96. The summed E-state index contributed by atoms with van der Waals surface area (Å²) in [4.78, 5) is 59.3. The van der Waals surface area contributed by atoms with Crippen molar-refractivity contribution in [1.29, 1.82) is 0 Å². The molecule has 2 heterocycles. The summed E-state index contributed by atoms with van der Waals surface area (Å²) in [5, 5.41) is 2.80. The zero-order valence-electron chi connectivity index (χ0n) is 22.9. The molecule has 0 saturated carbocycles. The number of nitrogens with one attached hydrogen (secondary N) is 1. The van der Waals surface area contributed by atoms with Gasteiger partial charge in [-0.05, 0) is 39.3 Å². The van der Waals surface area contributed by atoms with Crippen LogP contribution in [0.25, 0.3) is 11.3 Å². The summed E-state index contributed by atoms with van der Waals surface area (Å²) in [6.07, 6.45) is 0.0558. The maximum atomic E-state index is 13.5. The molecule has 9 heteroatoms. The Labute approximate surface area is 224 Å². The van der Waals surface area contributed by atoms with E-state index < -0.39 is 23.5 Å². The molecule has 9 nitrogen and oxygen atoms in total. The Balaban J connectivity index is 1.73. The second-order valence-electron chi connectivity index (χ2n) is 10.7. The van der Waals surface area contributed by atoms with Crippen LogP contribution in [-0.4, -0.2) is 76.3 Å². The predicted octanol–water partition coefficient (Wildman–Crippen LogP) is 3.30. The Morgan fingerprint density at radius 1 is 0.895 bits per heavy atom. The van der Waals surface area contributed by atoms with Gasteiger partial charge in [-0.2, -0.15) is 0 Å². The summed E-state index contributed by atoms with van der Waals surface area (Å²) in [5.74, 6) is -1.30. The van der Waals surface area contributed by atoms with Crippen LogP contribution in [0.15, 0.2) is 48.5 Å². The van der Waals surface area contributed by atoms with Gasteiger partial charge < -0.3 is 19.9 Å². The van der Waals surface area contributed by atoms with Crippen molar-refractivity contribution in [2.45, 2.75) is 59.1 Å². The van der Waals surface area contributed by atoms with Crippen molar-refractivity contribution >= 4 is 23.7 Å². The number of rotatable bonds is 8. The summed E-state index contributed by atoms with van der Waals surface area (Å²) >= 11 is 0. The molecule has 0 unspecified atom stereocenters. The first-order valence-corrected chi connectivity index (χ1v) is 13.1. The van der Waals surface area contributed by atoms with Crippen molar-refractivity contribution < 1.29 is 23.9 Å². The van der Waals surface area contributed by atoms with Gasteiger partial charge in [0.05, 0.1) is 5.69 Å². The summed E-state index contributed by atoms with van der Waals surface area (Å²) in [7, 11) is 0. The fourth-order valence-electron chi connectivity index (χ4n) is 4.21. The average Bonchev–Trinajstić information content (AvgIpc) is 2.89. The number of pyridine rings is 1. The van der Waals surface area contributed by atoms with E-state index in [0.717, 1.165) is 5.56 Å². The summed E-state index contributed by atoms with van der Waals surface area (Å²) in [6, 6.07) is 13.7. The summed E-state index contributed by atoms with van der Waals surface area (Å²) < 4.78 is 5.40. The molecular formula is C29H38N4O5. The third-order valence-corrected chi connectivity index (χ3v) is 6.11. The van der Waals surface area contributed by atoms with Crippen molar-refractivity contribution in [3.63, 3.8) is 0 Å². The van der Waals surface area contributed by atoms with Crippen LogP contribution in [0.3, 0.4) is 0 Å². The molecule has 1 fully saturated rings. The first-order valence-electron chi connectivity index (χ1n) is 13.1. The van der Waals surface area contributed by atoms with Gasteiger partial charge in [0.1, 0.15) is 17.3 Å². The Kier molecular flexibility index (Phi) is 9.61. The van der Waals surface area contributed by atoms with E-state index >= 15 is 0 Å². The lowest BCUT2D eigenvalue weighted by Gasteiger charge is -2.37. The fraction of sp³-hybridized carbons (Fsp3) is 0.483. The van der Waals surface area contributed by atoms with Gasteiger partial charge in [-0.15, -0.1) is 0 Å². The van der Waals surface area contributed by atoms with Crippen molar-refractivity contribution in [3.05, 3.63) is 54.2 Å². The number of hydrogen-bond donors (Lipinski definition) is 1. The molecule has 1 aromatic heterocycles. The van der Waals surface area contributed by atoms with Crippen molar-refractivity contribution in [2.75, 3.05) is 26.2 Å². The van der Waals surface area contributed by atoms with Gasteiger partial charge in [-0.25, -0.2) is 4.98 Å². The Morgan fingerprint density at radius 3 is 2.08 bits per heavy atom. The lowest BCUT2D eigenvalue weighted by molar-refractivity contribution is -0.155. The number of piperazine rings is 1. The topological polar surface area (TPSA) is 109 Å². The number of hydrogen-bond acceptors (Lipinski definition) is 6. The van der Waals surface area contributed by atoms with E-state index in [1.54, 1.807) is 42.7 Å². The smallest absolute Gasteiger partial charge is 0.306 e. The minimum Gasteiger partial charge on any atom is -0.460 e. The molecule has 3 amide bonds. The van der Waals surface area contributed by atoms with E-state index in [9.17, 15) is 19.2 Å². The molecule has 1 N–H and O–H groups in total. The van der Waals surface area contributed by atoms with Gasteiger partial charge in [0.2, 0.25) is 11.8 Å². The third-order valence-electron chi connectivity index (χ3n) is 6.11. The average molecular weight is 523 g/mol. The van der Waals surface area contributed by atoms with Crippen LogP contribution in [0.5, 0.6) is 0 Å². The Morgan fingerprint density at radius 2 is 1.50 bits per heavy atom. The van der Waals surface area contributed by atoms with E-state index in [0.29, 0.717) is 31.9 Å². The number of carbonyl (C=O) groups is 4. The van der Waals surface area contributed by atoms with Gasteiger partial charge in [0, 0.05) is 44.1 Å². The summed E-state index contributed by atoms with van der Waals surface area (Å²) in [6.45, 7) is 10.6. The Bertz CT molecular complexity index is 1140. The van der Waals surface area contributed by atoms with E-state index in [4.69, 9.17) is 4.74 Å². The fourth-order valence-corrected chi connectivity index (χ4v) is 4.21. The molecule has 0 radical (unpaired) electrons. The lowest BCUT2D eigenvalue weighted by atomic mass is 10.1.